The molecule has 3 amide bonds. The summed E-state index contributed by atoms with van der Waals surface area (Å²) in [5.74, 6) is -5.61. The largest absolute Gasteiger partial charge is 0.471 e. The molecule has 0 aromatic heterocycles. The number of nitrogens with one attached hydrogen (secondary N) is 1. The fourth-order valence-electron chi connectivity index (χ4n) is 4.93. The first kappa shape index (κ1) is 44.6. The summed E-state index contributed by atoms with van der Waals surface area (Å²) >= 11 is 34.8. The Labute approximate surface area is 326 Å². The van der Waals surface area contributed by atoms with Gasteiger partial charge in [0.1, 0.15) is 0 Å². The Balaban J connectivity index is 0.000000214. The van der Waals surface area contributed by atoms with Crippen LogP contribution in [0.25, 0.3) is 0 Å². The van der Waals surface area contributed by atoms with Crippen molar-refractivity contribution in [3.8, 4) is 0 Å². The number of halogens is 15. The van der Waals surface area contributed by atoms with Gasteiger partial charge in [-0.1, -0.05) is 81.7 Å². The second kappa shape index (κ2) is 18.2. The van der Waals surface area contributed by atoms with Crippen molar-refractivity contribution in [1.29, 1.82) is 0 Å². The summed E-state index contributed by atoms with van der Waals surface area (Å²) in [4.78, 5) is 34.3. The molecule has 0 saturated heterocycles. The van der Waals surface area contributed by atoms with Crippen molar-refractivity contribution in [2.24, 2.45) is 0 Å². The lowest BCUT2D eigenvalue weighted by Gasteiger charge is -2.30. The zero-order chi connectivity index (χ0) is 40.1. The summed E-state index contributed by atoms with van der Waals surface area (Å²) in [7, 11) is 0. The maximum absolute atomic E-state index is 12.3. The smallest absolute Gasteiger partial charge is 0.348 e. The number of hydrogen-bond acceptors (Lipinski definition) is 3. The van der Waals surface area contributed by atoms with E-state index >= 15 is 0 Å². The molecule has 0 fully saturated rings. The topological polar surface area (TPSA) is 69.7 Å². The minimum atomic E-state index is -4.86. The Kier molecular flexibility index (Phi) is 15.3. The average molecular weight is 882 g/mol. The molecule has 0 saturated carbocycles. The first-order chi connectivity index (χ1) is 24.4. The van der Waals surface area contributed by atoms with Crippen LogP contribution in [0, 0.1) is 0 Å². The second-order valence-corrected chi connectivity index (χ2v) is 13.6. The molecule has 0 atom stereocenters. The molecule has 2 heterocycles. The number of fused-ring (bicyclic) bond motifs is 2. The number of nitrogens with zero attached hydrogens (tertiary/aromatic N) is 2. The summed E-state index contributed by atoms with van der Waals surface area (Å²) in [6.07, 6.45) is -13.6. The molecule has 0 radical (unpaired) electrons. The van der Waals surface area contributed by atoms with Gasteiger partial charge in [-0.15, -0.1) is 0 Å². The van der Waals surface area contributed by atoms with Gasteiger partial charge in [-0.2, -0.15) is 39.5 Å². The van der Waals surface area contributed by atoms with E-state index in [-0.39, 0.29) is 54.2 Å². The van der Waals surface area contributed by atoms with Crippen LogP contribution in [0.15, 0.2) is 42.5 Å². The van der Waals surface area contributed by atoms with Gasteiger partial charge >= 0.3 is 36.3 Å². The molecule has 5 rings (SSSR count). The molecule has 53 heavy (non-hydrogen) atoms. The molecule has 21 heteroatoms. The zero-order valence-electron chi connectivity index (χ0n) is 26.5. The van der Waals surface area contributed by atoms with Gasteiger partial charge in [0.2, 0.25) is 0 Å². The lowest BCUT2D eigenvalue weighted by molar-refractivity contribution is -0.186. The Bertz CT molecular complexity index is 1840. The Morgan fingerprint density at radius 1 is 0.585 bits per heavy atom. The van der Waals surface area contributed by atoms with E-state index in [0.29, 0.717) is 44.6 Å². The van der Waals surface area contributed by atoms with Crippen LogP contribution in [-0.4, -0.2) is 65.7 Å². The van der Waals surface area contributed by atoms with Crippen LogP contribution in [0.5, 0.6) is 0 Å². The summed E-state index contributed by atoms with van der Waals surface area (Å²) in [5.41, 5.74) is 3.45. The minimum Gasteiger partial charge on any atom is -0.348 e. The zero-order valence-corrected chi connectivity index (χ0v) is 31.0. The van der Waals surface area contributed by atoms with E-state index in [4.69, 9.17) is 69.6 Å². The van der Waals surface area contributed by atoms with Crippen LogP contribution >= 0.6 is 69.6 Å². The van der Waals surface area contributed by atoms with Gasteiger partial charge in [0.15, 0.2) is 0 Å². The molecule has 3 aromatic rings. The maximum atomic E-state index is 12.3. The van der Waals surface area contributed by atoms with Gasteiger partial charge in [-0.3, -0.25) is 14.4 Å². The van der Waals surface area contributed by atoms with Gasteiger partial charge in [-0.05, 0) is 77.4 Å². The molecule has 3 aromatic carbocycles. The third-order valence-corrected chi connectivity index (χ3v) is 9.85. The van der Waals surface area contributed by atoms with Gasteiger partial charge < -0.3 is 15.1 Å². The SMILES string of the molecule is O=C(N1CCc2cc(Cl)c(Cl)cc2C1)C(F)(F)F.O=C(N1CCc2ccc(Cl)c(Cl)c2C1)C(F)(F)F.O=C(NCCc1ccc(Cl)c(Cl)c1)C(F)(F)F. The maximum Gasteiger partial charge on any atom is 0.471 e. The van der Waals surface area contributed by atoms with E-state index in [2.05, 4.69) is 0 Å². The third-order valence-electron chi connectivity index (χ3n) is 7.55. The molecule has 0 aliphatic carbocycles. The number of alkyl halides is 9. The van der Waals surface area contributed by atoms with Crippen molar-refractivity contribution >= 4 is 87.3 Å². The van der Waals surface area contributed by atoms with E-state index < -0.39 is 36.3 Å². The average Bonchev–Trinajstić information content (AvgIpc) is 3.07. The van der Waals surface area contributed by atoms with Crippen molar-refractivity contribution in [1.82, 2.24) is 15.1 Å². The first-order valence-electron chi connectivity index (χ1n) is 14.8. The summed E-state index contributed by atoms with van der Waals surface area (Å²) in [6, 6.07) is 11.2. The number of rotatable bonds is 3. The molecule has 2 aliphatic rings. The second-order valence-electron chi connectivity index (χ2n) is 11.2. The predicted octanol–water partition coefficient (Wildman–Crippen LogP) is 10.1. The molecule has 6 nitrogen and oxygen atoms in total. The molecule has 2 aliphatic heterocycles. The lowest BCUT2D eigenvalue weighted by atomic mass is 9.99. The molecular weight excluding hydrogens is 858 g/mol. The van der Waals surface area contributed by atoms with Crippen molar-refractivity contribution in [2.45, 2.75) is 50.9 Å². The van der Waals surface area contributed by atoms with Crippen LogP contribution in [0.1, 0.15) is 27.8 Å². The van der Waals surface area contributed by atoms with E-state index in [0.717, 1.165) is 20.9 Å². The van der Waals surface area contributed by atoms with E-state index in [1.807, 2.05) is 0 Å². The fraction of sp³-hybridized carbons (Fsp3) is 0.344. The summed E-state index contributed by atoms with van der Waals surface area (Å²) < 4.78 is 109. The molecule has 290 valence electrons. The summed E-state index contributed by atoms with van der Waals surface area (Å²) in [5, 5.41) is 3.59. The summed E-state index contributed by atoms with van der Waals surface area (Å²) in [6.45, 7) is -0.305. The highest BCUT2D eigenvalue weighted by molar-refractivity contribution is 6.43. The third kappa shape index (κ3) is 12.6. The van der Waals surface area contributed by atoms with Crippen LogP contribution in [0.4, 0.5) is 39.5 Å². The van der Waals surface area contributed by atoms with Crippen molar-refractivity contribution in [2.75, 3.05) is 19.6 Å². The number of hydrogen-bond donors (Lipinski definition) is 1. The van der Waals surface area contributed by atoms with Crippen LogP contribution in [0.3, 0.4) is 0 Å². The minimum absolute atomic E-state index is 0.0311. The standard InChI is InChI=1S/2C11H8Cl2F3NO.C10H8Cl2F3NO/c12-8-3-6-1-2-17(10(18)11(14,15)16)5-7(6)4-9(8)13;12-8-2-1-6-3-4-17(5-7(6)9(8)13)10(18)11(14,15)16;11-7-2-1-6(5-8(7)12)3-4-16-9(17)10(13,14)15/h3-4H,1-2,5H2;1-2H,3-5H2;1-2,5H,3-4H2,(H,16,17). The van der Waals surface area contributed by atoms with Crippen LogP contribution in [-0.2, 0) is 46.7 Å². The molecular formula is C32H24Cl6F9N3O3. The lowest BCUT2D eigenvalue weighted by Crippen LogP contribution is -2.43. The normalized spacial score (nSPS) is 14.2. The number of carbonyl (C=O) groups is 3. The molecule has 1 N–H and O–H groups in total. The Morgan fingerprint density at radius 2 is 1.08 bits per heavy atom. The predicted molar refractivity (Wildman–Crippen MR) is 183 cm³/mol. The van der Waals surface area contributed by atoms with Gasteiger partial charge in [0.25, 0.3) is 0 Å². The number of carbonyl (C=O) groups excluding carboxylic acids is 3. The highest BCUT2D eigenvalue weighted by atomic mass is 35.5. The molecule has 0 spiro atoms. The van der Waals surface area contributed by atoms with Crippen LogP contribution < -0.4 is 5.32 Å². The first-order valence-corrected chi connectivity index (χ1v) is 17.1. The highest BCUT2D eigenvalue weighted by Crippen LogP contribution is 2.34. The fourth-order valence-corrected chi connectivity index (χ4v) is 6.05. The highest BCUT2D eigenvalue weighted by Gasteiger charge is 2.44. The number of amides is 3. The van der Waals surface area contributed by atoms with E-state index in [9.17, 15) is 53.9 Å². The quantitative estimate of drug-likeness (QED) is 0.267. The van der Waals surface area contributed by atoms with Gasteiger partial charge in [-0.25, -0.2) is 0 Å². The van der Waals surface area contributed by atoms with Gasteiger partial charge in [0, 0.05) is 32.7 Å². The van der Waals surface area contributed by atoms with Crippen LogP contribution in [0.2, 0.25) is 30.1 Å². The van der Waals surface area contributed by atoms with Crippen molar-refractivity contribution < 1.29 is 53.9 Å². The van der Waals surface area contributed by atoms with Crippen molar-refractivity contribution in [3.63, 3.8) is 0 Å². The van der Waals surface area contributed by atoms with Crippen molar-refractivity contribution in [3.05, 3.63) is 100 Å². The molecule has 0 unspecified atom stereocenters. The Hall–Kier alpha value is -2.82. The number of benzene rings is 3. The Morgan fingerprint density at radius 3 is 1.60 bits per heavy atom. The van der Waals surface area contributed by atoms with E-state index in [1.165, 1.54) is 6.07 Å². The van der Waals surface area contributed by atoms with E-state index in [1.54, 1.807) is 41.7 Å². The molecule has 0 bridgehead atoms. The monoisotopic (exact) mass is 879 g/mol. The van der Waals surface area contributed by atoms with Gasteiger partial charge in [0.05, 0.1) is 30.1 Å².